The number of hydrogen-bond acceptors (Lipinski definition) is 5. The summed E-state index contributed by atoms with van der Waals surface area (Å²) in [6.07, 6.45) is 11.2. The first-order chi connectivity index (χ1) is 12.7. The number of nitrogens with zero attached hydrogens (tertiary/aromatic N) is 4. The molecule has 0 saturated heterocycles. The van der Waals surface area contributed by atoms with Gasteiger partial charge in [-0.1, -0.05) is 19.3 Å². The first-order valence-electron chi connectivity index (χ1n) is 8.90. The Bertz CT molecular complexity index is 897. The quantitative estimate of drug-likeness (QED) is 0.764. The van der Waals surface area contributed by atoms with Gasteiger partial charge in [-0.25, -0.2) is 4.98 Å². The Morgan fingerprint density at radius 1 is 1.19 bits per heavy atom. The van der Waals surface area contributed by atoms with E-state index in [4.69, 9.17) is 0 Å². The number of amides is 1. The van der Waals surface area contributed by atoms with Crippen LogP contribution in [-0.2, 0) is 7.05 Å². The maximum Gasteiger partial charge on any atom is 0.270 e. The minimum Gasteiger partial charge on any atom is -0.348 e. The Labute approximate surface area is 156 Å². The van der Waals surface area contributed by atoms with E-state index in [2.05, 4.69) is 20.4 Å². The van der Waals surface area contributed by atoms with Crippen LogP contribution in [0.2, 0.25) is 0 Å². The van der Waals surface area contributed by atoms with Crippen molar-refractivity contribution in [2.24, 2.45) is 7.05 Å². The Kier molecular flexibility index (Phi) is 4.79. The van der Waals surface area contributed by atoms with Crippen molar-refractivity contribution in [3.8, 4) is 21.7 Å². The minimum absolute atomic E-state index is 0.103. The summed E-state index contributed by atoms with van der Waals surface area (Å²) in [5, 5.41) is 7.40. The molecule has 0 unspecified atom stereocenters. The van der Waals surface area contributed by atoms with E-state index in [-0.39, 0.29) is 11.9 Å². The summed E-state index contributed by atoms with van der Waals surface area (Å²) < 4.78 is 1.75. The molecule has 7 heteroatoms. The number of carbonyl (C=O) groups is 1. The average molecular weight is 367 g/mol. The van der Waals surface area contributed by atoms with Crippen LogP contribution in [0.25, 0.3) is 21.7 Å². The first-order valence-corrected chi connectivity index (χ1v) is 9.78. The highest BCUT2D eigenvalue weighted by Gasteiger charge is 2.19. The summed E-state index contributed by atoms with van der Waals surface area (Å²) in [7, 11) is 1.88. The fourth-order valence-corrected chi connectivity index (χ4v) is 3.94. The lowest BCUT2D eigenvalue weighted by molar-refractivity contribution is 0.0923. The lowest BCUT2D eigenvalue weighted by Crippen LogP contribution is -2.36. The number of aromatic nitrogens is 4. The van der Waals surface area contributed by atoms with E-state index < -0.39 is 0 Å². The van der Waals surface area contributed by atoms with E-state index >= 15 is 0 Å². The minimum atomic E-state index is -0.103. The standard InChI is InChI=1S/C19H21N5OS/c1-24-11-14(9-21-24)13-7-16(18-10-20-12-26-18)23-17(8-13)19(25)22-15-5-3-2-4-6-15/h7-12,15H,2-6H2,1H3,(H,22,25). The number of hydrogen-bond donors (Lipinski definition) is 1. The molecule has 0 spiro atoms. The van der Waals surface area contributed by atoms with E-state index in [1.165, 1.54) is 30.6 Å². The highest BCUT2D eigenvalue weighted by atomic mass is 32.1. The molecule has 1 amide bonds. The fraction of sp³-hybridized carbons (Fsp3) is 0.368. The molecule has 1 N–H and O–H groups in total. The molecule has 1 aliphatic rings. The molecule has 1 saturated carbocycles. The monoisotopic (exact) mass is 367 g/mol. The molecule has 4 rings (SSSR count). The molecule has 1 fully saturated rings. The summed E-state index contributed by atoms with van der Waals surface area (Å²) in [6.45, 7) is 0. The third kappa shape index (κ3) is 3.67. The molecule has 0 aromatic carbocycles. The second-order valence-corrected chi connectivity index (χ2v) is 7.59. The van der Waals surface area contributed by atoms with Crippen LogP contribution in [0.1, 0.15) is 42.6 Å². The summed E-state index contributed by atoms with van der Waals surface area (Å²) in [5.74, 6) is -0.103. The third-order valence-corrected chi connectivity index (χ3v) is 5.52. The van der Waals surface area contributed by atoms with Crippen molar-refractivity contribution >= 4 is 17.2 Å². The number of pyridine rings is 1. The summed E-state index contributed by atoms with van der Waals surface area (Å²) in [5.41, 5.74) is 4.89. The maximum absolute atomic E-state index is 12.8. The van der Waals surface area contributed by atoms with Gasteiger partial charge in [0.25, 0.3) is 5.91 Å². The van der Waals surface area contributed by atoms with Gasteiger partial charge in [-0.3, -0.25) is 14.5 Å². The van der Waals surface area contributed by atoms with Crippen molar-refractivity contribution in [3.63, 3.8) is 0 Å². The zero-order valence-electron chi connectivity index (χ0n) is 14.7. The van der Waals surface area contributed by atoms with Crippen LogP contribution in [0.15, 0.2) is 36.2 Å². The molecule has 0 atom stereocenters. The normalized spacial score (nSPS) is 15.1. The average Bonchev–Trinajstić information content (AvgIpc) is 3.34. The Hall–Kier alpha value is -2.54. The van der Waals surface area contributed by atoms with Crippen LogP contribution in [0.5, 0.6) is 0 Å². The van der Waals surface area contributed by atoms with Crippen molar-refractivity contribution in [3.05, 3.63) is 41.9 Å². The molecule has 26 heavy (non-hydrogen) atoms. The lowest BCUT2D eigenvalue weighted by Gasteiger charge is -2.22. The third-order valence-electron chi connectivity index (χ3n) is 4.72. The van der Waals surface area contributed by atoms with Gasteiger partial charge in [-0.15, -0.1) is 11.3 Å². The lowest BCUT2D eigenvalue weighted by atomic mass is 9.95. The van der Waals surface area contributed by atoms with Crippen LogP contribution in [0.3, 0.4) is 0 Å². The molecule has 134 valence electrons. The van der Waals surface area contributed by atoms with Crippen LogP contribution < -0.4 is 5.32 Å². The fourth-order valence-electron chi connectivity index (χ4n) is 3.36. The first kappa shape index (κ1) is 16.9. The predicted molar refractivity (Wildman–Crippen MR) is 102 cm³/mol. The summed E-state index contributed by atoms with van der Waals surface area (Å²) >= 11 is 1.52. The van der Waals surface area contributed by atoms with Gasteiger partial charge in [0.1, 0.15) is 5.69 Å². The SMILES string of the molecule is Cn1cc(-c2cc(C(=O)NC3CCCCC3)nc(-c3cncs3)c2)cn1. The molecule has 0 aliphatic heterocycles. The Balaban J connectivity index is 1.68. The van der Waals surface area contributed by atoms with Gasteiger partial charge in [0.2, 0.25) is 0 Å². The molecular formula is C19H21N5OS. The van der Waals surface area contributed by atoms with Crippen LogP contribution in [0.4, 0.5) is 0 Å². The van der Waals surface area contributed by atoms with Gasteiger partial charge >= 0.3 is 0 Å². The van der Waals surface area contributed by atoms with Crippen molar-refractivity contribution in [2.45, 2.75) is 38.1 Å². The van der Waals surface area contributed by atoms with Crippen LogP contribution in [0, 0.1) is 0 Å². The molecule has 1 aliphatic carbocycles. The molecule has 3 aromatic heterocycles. The second kappa shape index (κ2) is 7.37. The van der Waals surface area contributed by atoms with E-state index in [1.807, 2.05) is 25.4 Å². The Morgan fingerprint density at radius 2 is 2.04 bits per heavy atom. The summed E-state index contributed by atoms with van der Waals surface area (Å²) in [4.78, 5) is 22.5. The van der Waals surface area contributed by atoms with Gasteiger partial charge in [0, 0.05) is 31.0 Å². The number of rotatable bonds is 4. The van der Waals surface area contributed by atoms with Crippen molar-refractivity contribution in [1.82, 2.24) is 25.1 Å². The van der Waals surface area contributed by atoms with Gasteiger partial charge in [-0.2, -0.15) is 5.10 Å². The molecule has 3 heterocycles. The van der Waals surface area contributed by atoms with E-state index in [0.717, 1.165) is 34.5 Å². The maximum atomic E-state index is 12.8. The van der Waals surface area contributed by atoms with Crippen molar-refractivity contribution < 1.29 is 4.79 Å². The topological polar surface area (TPSA) is 72.7 Å². The van der Waals surface area contributed by atoms with Crippen molar-refractivity contribution in [2.75, 3.05) is 0 Å². The van der Waals surface area contributed by atoms with Crippen LogP contribution in [-0.4, -0.2) is 31.7 Å². The highest BCUT2D eigenvalue weighted by Crippen LogP contribution is 2.28. The molecule has 6 nitrogen and oxygen atoms in total. The zero-order chi connectivity index (χ0) is 17.9. The number of aryl methyl sites for hydroxylation is 1. The molecular weight excluding hydrogens is 346 g/mol. The molecule has 3 aromatic rings. The number of carbonyl (C=O) groups excluding carboxylic acids is 1. The van der Waals surface area contributed by atoms with Crippen LogP contribution >= 0.6 is 11.3 Å². The summed E-state index contributed by atoms with van der Waals surface area (Å²) in [6, 6.07) is 4.09. The van der Waals surface area contributed by atoms with Gasteiger partial charge in [0.05, 0.1) is 22.3 Å². The van der Waals surface area contributed by atoms with E-state index in [0.29, 0.717) is 5.69 Å². The van der Waals surface area contributed by atoms with Gasteiger partial charge in [0.15, 0.2) is 0 Å². The molecule has 0 radical (unpaired) electrons. The largest absolute Gasteiger partial charge is 0.348 e. The number of thiazole rings is 1. The second-order valence-electron chi connectivity index (χ2n) is 6.70. The molecule has 0 bridgehead atoms. The zero-order valence-corrected chi connectivity index (χ0v) is 15.5. The van der Waals surface area contributed by atoms with Gasteiger partial charge < -0.3 is 5.32 Å². The highest BCUT2D eigenvalue weighted by molar-refractivity contribution is 7.13. The van der Waals surface area contributed by atoms with E-state index in [9.17, 15) is 4.79 Å². The van der Waals surface area contributed by atoms with Crippen molar-refractivity contribution in [1.29, 1.82) is 0 Å². The van der Waals surface area contributed by atoms with Gasteiger partial charge in [-0.05, 0) is 30.5 Å². The number of nitrogens with one attached hydrogen (secondary N) is 1. The smallest absolute Gasteiger partial charge is 0.270 e. The van der Waals surface area contributed by atoms with E-state index in [1.54, 1.807) is 22.6 Å². The Morgan fingerprint density at radius 3 is 2.73 bits per heavy atom. The predicted octanol–water partition coefficient (Wildman–Crippen LogP) is 3.67.